The number of nitrogens with zero attached hydrogens (tertiary/aromatic N) is 6. The van der Waals surface area contributed by atoms with Crippen molar-refractivity contribution in [2.75, 3.05) is 0 Å². The third kappa shape index (κ3) is 3.68. The maximum absolute atomic E-state index is 5.69. The first-order valence-electron chi connectivity index (χ1n) is 8.30. The summed E-state index contributed by atoms with van der Waals surface area (Å²) < 4.78 is 9.16. The first-order valence-corrected chi connectivity index (χ1v) is 8.30. The number of rotatable bonds is 6. The highest BCUT2D eigenvalue weighted by Gasteiger charge is 2.06. The number of hydrogen-bond donors (Lipinski definition) is 0. The number of ether oxygens (including phenoxy) is 1. The van der Waals surface area contributed by atoms with E-state index in [0.717, 1.165) is 22.8 Å². The lowest BCUT2D eigenvalue weighted by Crippen LogP contribution is -1.95. The molecule has 0 spiro atoms. The Morgan fingerprint density at radius 2 is 1.27 bits per heavy atom. The second kappa shape index (κ2) is 7.28. The van der Waals surface area contributed by atoms with Crippen LogP contribution < -0.4 is 0 Å². The summed E-state index contributed by atoms with van der Waals surface area (Å²) in [6.07, 6.45) is 3.73. The zero-order valence-corrected chi connectivity index (χ0v) is 14.4. The molecule has 0 saturated heterocycles. The zero-order valence-electron chi connectivity index (χ0n) is 14.4. The number of benzene rings is 2. The zero-order chi connectivity index (χ0) is 17.8. The molecule has 0 atom stereocenters. The molecule has 7 nitrogen and oxygen atoms in total. The molecule has 0 aliphatic heterocycles. The fraction of sp³-hybridized carbons (Fsp3) is 0.158. The van der Waals surface area contributed by atoms with Crippen LogP contribution in [0.5, 0.6) is 0 Å². The van der Waals surface area contributed by atoms with Gasteiger partial charge < -0.3 is 4.74 Å². The topological polar surface area (TPSA) is 70.7 Å². The molecule has 0 radical (unpaired) electrons. The molecule has 4 rings (SSSR count). The summed E-state index contributed by atoms with van der Waals surface area (Å²) in [7, 11) is 0. The van der Waals surface area contributed by atoms with Crippen molar-refractivity contribution in [3.8, 4) is 11.4 Å². The van der Waals surface area contributed by atoms with Gasteiger partial charge in [-0.05, 0) is 31.2 Å². The molecule has 2 aromatic carbocycles. The van der Waals surface area contributed by atoms with Gasteiger partial charge in [0.15, 0.2) is 0 Å². The Morgan fingerprint density at radius 1 is 0.731 bits per heavy atom. The lowest BCUT2D eigenvalue weighted by Gasteiger charge is -2.00. The molecule has 0 fully saturated rings. The minimum atomic E-state index is 0.365. The summed E-state index contributed by atoms with van der Waals surface area (Å²) >= 11 is 0. The Morgan fingerprint density at radius 3 is 1.85 bits per heavy atom. The largest absolute Gasteiger partial charge is 0.369 e. The van der Waals surface area contributed by atoms with Crippen LogP contribution in [-0.4, -0.2) is 30.0 Å². The van der Waals surface area contributed by atoms with Crippen LogP contribution in [0.2, 0.25) is 0 Å². The maximum atomic E-state index is 5.69. The summed E-state index contributed by atoms with van der Waals surface area (Å²) in [5, 5.41) is 16.5. The first kappa shape index (κ1) is 16.2. The highest BCUT2D eigenvalue weighted by molar-refractivity contribution is 5.33. The van der Waals surface area contributed by atoms with E-state index in [-0.39, 0.29) is 0 Å². The molecular weight excluding hydrogens is 328 g/mol. The van der Waals surface area contributed by atoms with Crippen molar-refractivity contribution >= 4 is 0 Å². The third-order valence-corrected chi connectivity index (χ3v) is 3.90. The van der Waals surface area contributed by atoms with Gasteiger partial charge in [-0.25, -0.2) is 9.36 Å². The monoisotopic (exact) mass is 346 g/mol. The van der Waals surface area contributed by atoms with E-state index >= 15 is 0 Å². The third-order valence-electron chi connectivity index (χ3n) is 3.90. The molecule has 0 amide bonds. The molecule has 4 aromatic rings. The molecule has 26 heavy (non-hydrogen) atoms. The Kier molecular flexibility index (Phi) is 4.53. The van der Waals surface area contributed by atoms with E-state index < -0.39 is 0 Å². The number of aromatic nitrogens is 6. The Hall–Kier alpha value is -3.32. The van der Waals surface area contributed by atoms with Crippen molar-refractivity contribution < 1.29 is 4.74 Å². The van der Waals surface area contributed by atoms with Crippen LogP contribution >= 0.6 is 0 Å². The van der Waals surface area contributed by atoms with Gasteiger partial charge >= 0.3 is 0 Å². The molecule has 0 aliphatic carbocycles. The second-order valence-electron chi connectivity index (χ2n) is 5.97. The van der Waals surface area contributed by atoms with Crippen molar-refractivity contribution in [1.29, 1.82) is 0 Å². The quantitative estimate of drug-likeness (QED) is 0.537. The summed E-state index contributed by atoms with van der Waals surface area (Å²) in [5.41, 5.74) is 4.68. The van der Waals surface area contributed by atoms with E-state index in [0.29, 0.717) is 13.2 Å². The van der Waals surface area contributed by atoms with Gasteiger partial charge in [0.1, 0.15) is 11.4 Å². The summed E-state index contributed by atoms with van der Waals surface area (Å²) in [6, 6.07) is 18.0. The van der Waals surface area contributed by atoms with Crippen molar-refractivity contribution in [3.63, 3.8) is 0 Å². The van der Waals surface area contributed by atoms with Crippen molar-refractivity contribution in [3.05, 3.63) is 83.9 Å². The molecule has 130 valence electrons. The molecule has 2 aromatic heterocycles. The Labute approximate surface area is 150 Å². The molecule has 0 aliphatic rings. The minimum Gasteiger partial charge on any atom is -0.369 e. The van der Waals surface area contributed by atoms with Crippen molar-refractivity contribution in [1.82, 2.24) is 30.0 Å². The average molecular weight is 346 g/mol. The Bertz CT molecular complexity index is 975. The fourth-order valence-corrected chi connectivity index (χ4v) is 2.52. The molecule has 0 unspecified atom stereocenters. The van der Waals surface area contributed by atoms with Gasteiger partial charge in [-0.3, -0.25) is 0 Å². The van der Waals surface area contributed by atoms with Gasteiger partial charge in [0.2, 0.25) is 0 Å². The van der Waals surface area contributed by atoms with Gasteiger partial charge in [0.25, 0.3) is 0 Å². The maximum Gasteiger partial charge on any atom is 0.109 e. The van der Waals surface area contributed by atoms with Crippen LogP contribution in [0, 0.1) is 6.92 Å². The number of aryl methyl sites for hydroxylation is 1. The van der Waals surface area contributed by atoms with Crippen LogP contribution in [0.15, 0.2) is 67.0 Å². The average Bonchev–Trinajstić information content (AvgIpc) is 3.33. The predicted octanol–water partition coefficient (Wildman–Crippen LogP) is 2.87. The van der Waals surface area contributed by atoms with Crippen LogP contribution in [0.4, 0.5) is 0 Å². The van der Waals surface area contributed by atoms with Gasteiger partial charge in [-0.1, -0.05) is 46.3 Å². The van der Waals surface area contributed by atoms with Gasteiger partial charge in [-0.2, -0.15) is 0 Å². The van der Waals surface area contributed by atoms with Crippen LogP contribution in [0.3, 0.4) is 0 Å². The molecule has 7 heteroatoms. The lowest BCUT2D eigenvalue weighted by atomic mass is 10.2. The van der Waals surface area contributed by atoms with E-state index in [1.165, 1.54) is 5.56 Å². The van der Waals surface area contributed by atoms with E-state index in [9.17, 15) is 0 Å². The van der Waals surface area contributed by atoms with Gasteiger partial charge in [0.05, 0.1) is 37.0 Å². The molecular formula is C19H18N6O. The SMILES string of the molecule is Cc1ccc(-n2cc(COCc3cn(-c4ccccc4)nn3)nn2)cc1. The summed E-state index contributed by atoms with van der Waals surface area (Å²) in [6.45, 7) is 2.78. The van der Waals surface area contributed by atoms with Crippen LogP contribution in [0.25, 0.3) is 11.4 Å². The normalized spacial score (nSPS) is 11.0. The lowest BCUT2D eigenvalue weighted by molar-refractivity contribution is 0.102. The summed E-state index contributed by atoms with van der Waals surface area (Å²) in [5.74, 6) is 0. The van der Waals surface area contributed by atoms with Crippen molar-refractivity contribution in [2.45, 2.75) is 20.1 Å². The fourth-order valence-electron chi connectivity index (χ4n) is 2.52. The van der Waals surface area contributed by atoms with E-state index in [2.05, 4.69) is 27.5 Å². The predicted molar refractivity (Wildman–Crippen MR) is 95.9 cm³/mol. The highest BCUT2D eigenvalue weighted by atomic mass is 16.5. The van der Waals surface area contributed by atoms with Crippen molar-refractivity contribution in [2.24, 2.45) is 0 Å². The molecule has 2 heterocycles. The van der Waals surface area contributed by atoms with Gasteiger partial charge in [0, 0.05) is 0 Å². The molecule has 0 saturated carbocycles. The van der Waals surface area contributed by atoms with E-state index in [4.69, 9.17) is 4.74 Å². The number of hydrogen-bond acceptors (Lipinski definition) is 5. The minimum absolute atomic E-state index is 0.365. The number of para-hydroxylation sites is 1. The van der Waals surface area contributed by atoms with Crippen LogP contribution in [0.1, 0.15) is 17.0 Å². The first-order chi connectivity index (χ1) is 12.8. The molecule has 0 N–H and O–H groups in total. The smallest absolute Gasteiger partial charge is 0.109 e. The molecule has 0 bridgehead atoms. The summed E-state index contributed by atoms with van der Waals surface area (Å²) in [4.78, 5) is 0. The second-order valence-corrected chi connectivity index (χ2v) is 5.97. The standard InChI is InChI=1S/C19H18N6O/c1-15-7-9-19(10-8-15)25-12-17(21-23-25)14-26-13-16-11-24(22-20-16)18-5-3-2-4-6-18/h2-12H,13-14H2,1H3. The Balaban J connectivity index is 1.34. The van der Waals surface area contributed by atoms with Gasteiger partial charge in [-0.15, -0.1) is 10.2 Å². The van der Waals surface area contributed by atoms with E-state index in [1.807, 2.05) is 67.0 Å². The van der Waals surface area contributed by atoms with E-state index in [1.54, 1.807) is 9.36 Å². The van der Waals surface area contributed by atoms with Crippen LogP contribution in [-0.2, 0) is 18.0 Å². The highest BCUT2D eigenvalue weighted by Crippen LogP contribution is 2.10.